The van der Waals surface area contributed by atoms with Gasteiger partial charge >= 0.3 is 0 Å². The lowest BCUT2D eigenvalue weighted by Gasteiger charge is -2.23. The molecule has 2 rings (SSSR count). The quantitative estimate of drug-likeness (QED) is 0.392. The molecule has 0 bridgehead atoms. The molecule has 0 spiro atoms. The van der Waals surface area contributed by atoms with Crippen LogP contribution in [-0.2, 0) is 6.54 Å². The maximum Gasteiger partial charge on any atom is 0.172 e. The number of rotatable bonds is 4. The van der Waals surface area contributed by atoms with Gasteiger partial charge in [0, 0.05) is 24.8 Å². The Balaban J connectivity index is 2.31. The van der Waals surface area contributed by atoms with Crippen LogP contribution in [0.2, 0.25) is 0 Å². The van der Waals surface area contributed by atoms with Crippen molar-refractivity contribution >= 4 is 11.5 Å². The molecule has 21 heavy (non-hydrogen) atoms. The number of anilines is 1. The minimum absolute atomic E-state index is 0.126. The minimum Gasteiger partial charge on any atom is -0.409 e. The van der Waals surface area contributed by atoms with Crippen molar-refractivity contribution in [1.29, 1.82) is 0 Å². The molecule has 3 N–H and O–H groups in total. The summed E-state index contributed by atoms with van der Waals surface area (Å²) in [5.41, 5.74) is 11.1. The monoisotopic (exact) mass is 283 g/mol. The molecule has 0 saturated heterocycles. The van der Waals surface area contributed by atoms with E-state index in [2.05, 4.69) is 41.2 Å². The largest absolute Gasteiger partial charge is 0.409 e. The fraction of sp³-hybridized carbons (Fsp3) is 0.235. The van der Waals surface area contributed by atoms with Gasteiger partial charge in [-0.15, -0.1) is 0 Å². The molecular weight excluding hydrogens is 262 g/mol. The Hall–Kier alpha value is -2.49. The highest BCUT2D eigenvalue weighted by atomic mass is 16.4. The molecule has 4 nitrogen and oxygen atoms in total. The van der Waals surface area contributed by atoms with Gasteiger partial charge in [0.15, 0.2) is 5.84 Å². The van der Waals surface area contributed by atoms with Crippen LogP contribution in [0.1, 0.15) is 22.3 Å². The maximum absolute atomic E-state index is 8.93. The van der Waals surface area contributed by atoms with Gasteiger partial charge in [0.2, 0.25) is 0 Å². The number of nitrogens with zero attached hydrogens (tertiary/aromatic N) is 2. The second kappa shape index (κ2) is 6.31. The van der Waals surface area contributed by atoms with Crippen LogP contribution >= 0.6 is 0 Å². The van der Waals surface area contributed by atoms with Gasteiger partial charge in [-0.3, -0.25) is 0 Å². The van der Waals surface area contributed by atoms with Crippen LogP contribution in [0.4, 0.5) is 5.69 Å². The average Bonchev–Trinajstić information content (AvgIpc) is 2.48. The number of benzene rings is 2. The van der Waals surface area contributed by atoms with Crippen molar-refractivity contribution in [2.45, 2.75) is 20.4 Å². The zero-order valence-electron chi connectivity index (χ0n) is 12.7. The minimum atomic E-state index is 0.126. The van der Waals surface area contributed by atoms with Crippen molar-refractivity contribution in [3.63, 3.8) is 0 Å². The summed E-state index contributed by atoms with van der Waals surface area (Å²) in [5, 5.41) is 12.0. The van der Waals surface area contributed by atoms with Crippen molar-refractivity contribution in [2.75, 3.05) is 11.9 Å². The summed E-state index contributed by atoms with van der Waals surface area (Å²) in [5.74, 6) is 0.126. The molecule has 110 valence electrons. The predicted molar refractivity (Wildman–Crippen MR) is 87.0 cm³/mol. The third-order valence-corrected chi connectivity index (χ3v) is 3.49. The van der Waals surface area contributed by atoms with E-state index in [9.17, 15) is 0 Å². The van der Waals surface area contributed by atoms with Crippen LogP contribution in [0.5, 0.6) is 0 Å². The van der Waals surface area contributed by atoms with E-state index in [1.54, 1.807) is 0 Å². The first kappa shape index (κ1) is 14.9. The summed E-state index contributed by atoms with van der Waals surface area (Å²) in [6.45, 7) is 4.86. The van der Waals surface area contributed by atoms with Crippen molar-refractivity contribution < 1.29 is 5.21 Å². The fourth-order valence-corrected chi connectivity index (χ4v) is 2.28. The van der Waals surface area contributed by atoms with Gasteiger partial charge in [0.25, 0.3) is 0 Å². The molecule has 0 aliphatic heterocycles. The smallest absolute Gasteiger partial charge is 0.172 e. The number of amidine groups is 1. The highest BCUT2D eigenvalue weighted by Gasteiger charge is 2.12. The summed E-state index contributed by atoms with van der Waals surface area (Å²) >= 11 is 0. The molecule has 0 atom stereocenters. The third-order valence-electron chi connectivity index (χ3n) is 3.49. The van der Waals surface area contributed by atoms with Crippen molar-refractivity contribution in [3.05, 3.63) is 64.7 Å². The predicted octanol–water partition coefficient (Wildman–Crippen LogP) is 3.03. The van der Waals surface area contributed by atoms with Gasteiger partial charge in [-0.2, -0.15) is 0 Å². The number of aryl methyl sites for hydroxylation is 2. The Bertz CT molecular complexity index is 648. The van der Waals surface area contributed by atoms with E-state index in [1.807, 2.05) is 32.2 Å². The molecule has 0 radical (unpaired) electrons. The summed E-state index contributed by atoms with van der Waals surface area (Å²) in [4.78, 5) is 2.10. The number of hydrogen-bond donors (Lipinski definition) is 2. The molecule has 0 aromatic heterocycles. The van der Waals surface area contributed by atoms with Crippen LogP contribution in [0.15, 0.2) is 47.6 Å². The van der Waals surface area contributed by atoms with Crippen LogP contribution in [0, 0.1) is 13.8 Å². The zero-order chi connectivity index (χ0) is 15.4. The van der Waals surface area contributed by atoms with E-state index >= 15 is 0 Å². The number of hydrogen-bond acceptors (Lipinski definition) is 3. The lowest BCUT2D eigenvalue weighted by Crippen LogP contribution is -2.22. The van der Waals surface area contributed by atoms with Crippen molar-refractivity contribution in [1.82, 2.24) is 0 Å². The second-order valence-corrected chi connectivity index (χ2v) is 5.35. The molecule has 0 aliphatic rings. The molecule has 0 amide bonds. The summed E-state index contributed by atoms with van der Waals surface area (Å²) in [6.07, 6.45) is 0. The standard InChI is InChI=1S/C17H21N3O/c1-12-4-7-14(8-5-12)11-20(3)16-10-13(2)6-9-15(16)17(18)19-21/h4-10,21H,11H2,1-3H3,(H2,18,19). The fourth-order valence-electron chi connectivity index (χ4n) is 2.28. The van der Waals surface area contributed by atoms with Gasteiger partial charge in [0.05, 0.1) is 0 Å². The molecule has 0 unspecified atom stereocenters. The average molecular weight is 283 g/mol. The number of oxime groups is 1. The van der Waals surface area contributed by atoms with Gasteiger partial charge in [-0.05, 0) is 37.1 Å². The highest BCUT2D eigenvalue weighted by Crippen LogP contribution is 2.23. The first-order valence-corrected chi connectivity index (χ1v) is 6.86. The molecule has 4 heteroatoms. The summed E-state index contributed by atoms with van der Waals surface area (Å²) in [7, 11) is 2.00. The Morgan fingerprint density at radius 1 is 1.10 bits per heavy atom. The topological polar surface area (TPSA) is 61.8 Å². The van der Waals surface area contributed by atoms with Gasteiger partial charge < -0.3 is 15.8 Å². The van der Waals surface area contributed by atoms with E-state index in [0.717, 1.165) is 23.4 Å². The van der Waals surface area contributed by atoms with E-state index in [-0.39, 0.29) is 5.84 Å². The number of nitrogens with two attached hydrogens (primary N) is 1. The van der Waals surface area contributed by atoms with Crippen LogP contribution in [-0.4, -0.2) is 18.1 Å². The van der Waals surface area contributed by atoms with E-state index in [0.29, 0.717) is 0 Å². The van der Waals surface area contributed by atoms with Gasteiger partial charge in [0.1, 0.15) is 0 Å². The summed E-state index contributed by atoms with van der Waals surface area (Å²) in [6, 6.07) is 14.3. The van der Waals surface area contributed by atoms with Gasteiger partial charge in [-0.1, -0.05) is 41.1 Å². The maximum atomic E-state index is 8.93. The third kappa shape index (κ3) is 3.54. The van der Waals surface area contributed by atoms with Gasteiger partial charge in [-0.25, -0.2) is 0 Å². The second-order valence-electron chi connectivity index (χ2n) is 5.35. The van der Waals surface area contributed by atoms with E-state index in [4.69, 9.17) is 10.9 Å². The Kier molecular flexibility index (Phi) is 4.48. The molecule has 2 aromatic carbocycles. The first-order chi connectivity index (χ1) is 10.0. The molecular formula is C17H21N3O. The Morgan fingerprint density at radius 2 is 1.71 bits per heavy atom. The van der Waals surface area contributed by atoms with E-state index < -0.39 is 0 Å². The first-order valence-electron chi connectivity index (χ1n) is 6.86. The van der Waals surface area contributed by atoms with Crippen molar-refractivity contribution in [2.24, 2.45) is 10.9 Å². The molecule has 0 fully saturated rings. The Morgan fingerprint density at radius 3 is 2.33 bits per heavy atom. The molecule has 0 aliphatic carbocycles. The zero-order valence-corrected chi connectivity index (χ0v) is 12.7. The van der Waals surface area contributed by atoms with Crippen LogP contribution < -0.4 is 10.6 Å². The van der Waals surface area contributed by atoms with Crippen molar-refractivity contribution in [3.8, 4) is 0 Å². The lowest BCUT2D eigenvalue weighted by molar-refractivity contribution is 0.318. The summed E-state index contributed by atoms with van der Waals surface area (Å²) < 4.78 is 0. The molecule has 0 saturated carbocycles. The lowest BCUT2D eigenvalue weighted by atomic mass is 10.1. The van der Waals surface area contributed by atoms with E-state index in [1.165, 1.54) is 11.1 Å². The highest BCUT2D eigenvalue weighted by molar-refractivity contribution is 6.02. The normalized spacial score (nSPS) is 11.5. The Labute approximate surface area is 125 Å². The SMILES string of the molecule is Cc1ccc(CN(C)c2cc(C)ccc2C(N)=NO)cc1. The van der Waals surface area contributed by atoms with Crippen LogP contribution in [0.3, 0.4) is 0 Å². The van der Waals surface area contributed by atoms with Crippen LogP contribution in [0.25, 0.3) is 0 Å². The molecule has 0 heterocycles. The molecule has 2 aromatic rings.